The van der Waals surface area contributed by atoms with Gasteiger partial charge >= 0.3 is 5.97 Å². The number of carbonyl (C=O) groups excluding carboxylic acids is 2. The lowest BCUT2D eigenvalue weighted by atomic mass is 10.0. The Bertz CT molecular complexity index is 1210. The summed E-state index contributed by atoms with van der Waals surface area (Å²) in [4.78, 5) is 50.8. The van der Waals surface area contributed by atoms with Crippen LogP contribution < -0.4 is 21.5 Å². The number of rotatable bonds is 8. The molecule has 0 aliphatic rings. The molecule has 0 spiro atoms. The van der Waals surface area contributed by atoms with Gasteiger partial charge in [-0.2, -0.15) is 0 Å². The van der Waals surface area contributed by atoms with E-state index in [0.29, 0.717) is 16.8 Å². The van der Waals surface area contributed by atoms with Crippen LogP contribution >= 0.6 is 0 Å². The Labute approximate surface area is 185 Å². The van der Waals surface area contributed by atoms with Gasteiger partial charge in [0.05, 0.1) is 7.11 Å². The van der Waals surface area contributed by atoms with E-state index < -0.39 is 22.9 Å². The summed E-state index contributed by atoms with van der Waals surface area (Å²) in [5.74, 6) is -0.731. The molecule has 166 valence electrons. The van der Waals surface area contributed by atoms with Gasteiger partial charge in [0.25, 0.3) is 16.8 Å². The third-order valence-electron chi connectivity index (χ3n) is 5.23. The molecule has 0 aromatic heterocycles. The van der Waals surface area contributed by atoms with Gasteiger partial charge in [-0.1, -0.05) is 36.4 Å². The van der Waals surface area contributed by atoms with Gasteiger partial charge in [-0.25, -0.2) is 4.79 Å². The molecule has 0 unspecified atom stereocenters. The van der Waals surface area contributed by atoms with Gasteiger partial charge in [0.1, 0.15) is 17.4 Å². The predicted octanol–water partition coefficient (Wildman–Crippen LogP) is 2.23. The van der Waals surface area contributed by atoms with Crippen molar-refractivity contribution < 1.29 is 14.3 Å². The summed E-state index contributed by atoms with van der Waals surface area (Å²) in [5, 5.41) is 5.84. The van der Waals surface area contributed by atoms with E-state index in [1.54, 1.807) is 39.2 Å². The van der Waals surface area contributed by atoms with Crippen molar-refractivity contribution in [1.29, 1.82) is 0 Å². The van der Waals surface area contributed by atoms with Crippen LogP contribution in [0, 0.1) is 6.92 Å². The third kappa shape index (κ3) is 4.54. The van der Waals surface area contributed by atoms with Crippen LogP contribution in [0.15, 0.2) is 58.1 Å². The summed E-state index contributed by atoms with van der Waals surface area (Å²) in [6.07, 6.45) is 0.275. The number of hydrogen-bond acceptors (Lipinski definition) is 7. The van der Waals surface area contributed by atoms with Crippen LogP contribution in [-0.4, -0.2) is 44.0 Å². The molecule has 0 aliphatic carbocycles. The Morgan fingerprint density at radius 1 is 0.969 bits per heavy atom. The molecule has 1 atom stereocenters. The Kier molecular flexibility index (Phi) is 6.73. The van der Waals surface area contributed by atoms with Crippen molar-refractivity contribution in [1.82, 2.24) is 4.90 Å². The average Bonchev–Trinajstić information content (AvgIpc) is 2.80. The number of nitrogens with zero attached hydrogens (tertiary/aromatic N) is 1. The smallest absolute Gasteiger partial charge is 0.328 e. The van der Waals surface area contributed by atoms with E-state index in [-0.39, 0.29) is 23.7 Å². The molecule has 0 aliphatic heterocycles. The standard InChI is InChI=1S/C24H25N3O5/c1-14-16(23(30)27(2)3)11-8-12-17(14)25-19-20(22(29)21(19)28)26-18(24(31)32-4)13-15-9-6-5-7-10-15/h5-12,18,25-26H,13H2,1-4H3/t18-/m1/s1. The van der Waals surface area contributed by atoms with Crippen molar-refractivity contribution >= 4 is 28.9 Å². The Morgan fingerprint density at radius 2 is 1.62 bits per heavy atom. The van der Waals surface area contributed by atoms with E-state index in [4.69, 9.17) is 4.74 Å². The third-order valence-corrected chi connectivity index (χ3v) is 5.23. The van der Waals surface area contributed by atoms with Crippen molar-refractivity contribution in [3.8, 4) is 0 Å². The molecule has 1 amide bonds. The molecular formula is C24H25N3O5. The average molecular weight is 435 g/mol. The zero-order valence-electron chi connectivity index (χ0n) is 18.4. The van der Waals surface area contributed by atoms with Gasteiger partial charge in [0.2, 0.25) is 0 Å². The van der Waals surface area contributed by atoms with E-state index in [0.717, 1.165) is 5.56 Å². The molecular weight excluding hydrogens is 410 g/mol. The topological polar surface area (TPSA) is 105 Å². The van der Waals surface area contributed by atoms with Gasteiger partial charge in [-0.15, -0.1) is 0 Å². The van der Waals surface area contributed by atoms with Crippen molar-refractivity contribution in [3.05, 3.63) is 85.7 Å². The number of methoxy groups -OCH3 is 1. The first-order valence-corrected chi connectivity index (χ1v) is 10.0. The fraction of sp³-hybridized carbons (Fsp3) is 0.250. The van der Waals surface area contributed by atoms with Crippen LogP contribution in [0.1, 0.15) is 21.5 Å². The molecule has 0 saturated carbocycles. The summed E-state index contributed by atoms with van der Waals surface area (Å²) < 4.78 is 4.87. The van der Waals surface area contributed by atoms with E-state index in [9.17, 15) is 19.2 Å². The largest absolute Gasteiger partial charge is 0.467 e. The van der Waals surface area contributed by atoms with Crippen LogP contribution in [0.25, 0.3) is 0 Å². The molecule has 0 heterocycles. The first-order valence-electron chi connectivity index (χ1n) is 10.0. The molecule has 2 N–H and O–H groups in total. The second-order valence-corrected chi connectivity index (χ2v) is 7.62. The van der Waals surface area contributed by atoms with Crippen LogP contribution in [0.4, 0.5) is 17.1 Å². The molecule has 3 aromatic rings. The molecule has 8 nitrogen and oxygen atoms in total. The van der Waals surface area contributed by atoms with Crippen LogP contribution in [0.3, 0.4) is 0 Å². The number of nitrogens with one attached hydrogen (secondary N) is 2. The van der Waals surface area contributed by atoms with Gasteiger partial charge in [0.15, 0.2) is 0 Å². The molecule has 3 rings (SSSR count). The molecule has 0 fully saturated rings. The number of hydrogen-bond donors (Lipinski definition) is 2. The van der Waals surface area contributed by atoms with Crippen molar-refractivity contribution in [2.24, 2.45) is 0 Å². The SMILES string of the molecule is COC(=O)[C@@H](Cc1ccccc1)Nc1c(Nc2cccc(C(=O)N(C)C)c2C)c(=O)c1=O. The highest BCUT2D eigenvalue weighted by Crippen LogP contribution is 2.27. The van der Waals surface area contributed by atoms with Crippen LogP contribution in [0.2, 0.25) is 0 Å². The maximum atomic E-state index is 12.4. The van der Waals surface area contributed by atoms with Crippen molar-refractivity contribution in [2.45, 2.75) is 19.4 Å². The quantitative estimate of drug-likeness (QED) is 0.413. The predicted molar refractivity (Wildman–Crippen MR) is 123 cm³/mol. The monoisotopic (exact) mass is 435 g/mol. The van der Waals surface area contributed by atoms with Gasteiger partial charge in [0, 0.05) is 31.8 Å². The molecule has 32 heavy (non-hydrogen) atoms. The normalized spacial score (nSPS) is 11.6. The van der Waals surface area contributed by atoms with E-state index in [1.807, 2.05) is 30.3 Å². The van der Waals surface area contributed by atoms with Gasteiger partial charge < -0.3 is 20.3 Å². The van der Waals surface area contributed by atoms with E-state index >= 15 is 0 Å². The second-order valence-electron chi connectivity index (χ2n) is 7.62. The highest BCUT2D eigenvalue weighted by atomic mass is 16.5. The fourth-order valence-corrected chi connectivity index (χ4v) is 3.39. The zero-order chi connectivity index (χ0) is 23.4. The van der Waals surface area contributed by atoms with Crippen molar-refractivity contribution in [3.63, 3.8) is 0 Å². The lowest BCUT2D eigenvalue weighted by Crippen LogP contribution is -2.42. The van der Waals surface area contributed by atoms with E-state index in [1.165, 1.54) is 12.0 Å². The molecule has 0 saturated heterocycles. The number of ether oxygens (including phenoxy) is 1. The van der Waals surface area contributed by atoms with Gasteiger partial charge in [-0.3, -0.25) is 14.4 Å². The van der Waals surface area contributed by atoms with Crippen LogP contribution in [-0.2, 0) is 16.0 Å². The van der Waals surface area contributed by atoms with Gasteiger partial charge in [-0.05, 0) is 30.2 Å². The molecule has 3 aromatic carbocycles. The zero-order valence-corrected chi connectivity index (χ0v) is 18.4. The summed E-state index contributed by atoms with van der Waals surface area (Å²) in [7, 11) is 4.57. The summed E-state index contributed by atoms with van der Waals surface area (Å²) in [6, 6.07) is 13.5. The number of benzene rings is 2. The number of anilines is 3. The molecule has 8 heteroatoms. The Hall–Kier alpha value is -3.94. The minimum Gasteiger partial charge on any atom is -0.467 e. The number of amides is 1. The lowest BCUT2D eigenvalue weighted by Gasteiger charge is -2.22. The highest BCUT2D eigenvalue weighted by molar-refractivity contribution is 5.97. The minimum absolute atomic E-state index is 0.0186. The first-order chi connectivity index (χ1) is 15.2. The second kappa shape index (κ2) is 9.47. The summed E-state index contributed by atoms with van der Waals surface area (Å²) >= 11 is 0. The first kappa shape index (κ1) is 22.7. The Balaban J connectivity index is 1.89. The highest BCUT2D eigenvalue weighted by Gasteiger charge is 2.28. The summed E-state index contributed by atoms with van der Waals surface area (Å²) in [5.41, 5.74) is 1.16. The minimum atomic E-state index is -0.853. The maximum Gasteiger partial charge on any atom is 0.328 e. The number of esters is 1. The summed E-state index contributed by atoms with van der Waals surface area (Å²) in [6.45, 7) is 1.75. The molecule has 0 radical (unpaired) electrons. The number of carbonyl (C=O) groups is 2. The van der Waals surface area contributed by atoms with E-state index in [2.05, 4.69) is 10.6 Å². The molecule has 0 bridgehead atoms. The van der Waals surface area contributed by atoms with Crippen LogP contribution in [0.5, 0.6) is 0 Å². The Morgan fingerprint density at radius 3 is 2.25 bits per heavy atom. The van der Waals surface area contributed by atoms with Crippen molar-refractivity contribution in [2.75, 3.05) is 31.8 Å². The maximum absolute atomic E-state index is 12.4. The lowest BCUT2D eigenvalue weighted by molar-refractivity contribution is -0.141. The fourth-order valence-electron chi connectivity index (χ4n) is 3.39.